The van der Waals surface area contributed by atoms with E-state index in [1.807, 2.05) is 19.2 Å². The summed E-state index contributed by atoms with van der Waals surface area (Å²) in [7, 11) is 0. The third kappa shape index (κ3) is 3.51. The van der Waals surface area contributed by atoms with E-state index in [0.717, 1.165) is 38.0 Å². The van der Waals surface area contributed by atoms with Gasteiger partial charge in [0.15, 0.2) is 0 Å². The average molecular weight is 412 g/mol. The minimum atomic E-state index is 0.310. The Labute approximate surface area is 161 Å². The van der Waals surface area contributed by atoms with Gasteiger partial charge in [-0.2, -0.15) is 4.98 Å². The molecule has 0 atom stereocenters. The zero-order valence-electron chi connectivity index (χ0n) is 14.8. The second-order valence-electron chi connectivity index (χ2n) is 6.97. The Balaban J connectivity index is 1.76. The van der Waals surface area contributed by atoms with E-state index in [1.165, 1.54) is 32.1 Å². The summed E-state index contributed by atoms with van der Waals surface area (Å²) in [6.45, 7) is 2.04. The summed E-state index contributed by atoms with van der Waals surface area (Å²) >= 11 is 3.46. The van der Waals surface area contributed by atoms with Crippen molar-refractivity contribution in [3.8, 4) is 11.1 Å². The molecule has 0 spiro atoms. The molecule has 26 heavy (non-hydrogen) atoms. The van der Waals surface area contributed by atoms with Gasteiger partial charge in [-0.25, -0.2) is 9.97 Å². The van der Waals surface area contributed by atoms with Crippen molar-refractivity contribution in [2.24, 2.45) is 0 Å². The van der Waals surface area contributed by atoms with Crippen LogP contribution in [0.2, 0.25) is 0 Å². The van der Waals surface area contributed by atoms with E-state index in [0.29, 0.717) is 12.0 Å². The number of anilines is 2. The second-order valence-corrected chi connectivity index (χ2v) is 7.72. The van der Waals surface area contributed by atoms with Crippen LogP contribution in [-0.4, -0.2) is 21.0 Å². The number of rotatable bonds is 3. The molecule has 3 N–H and O–H groups in total. The number of hydrogen-bond donors (Lipinski definition) is 2. The van der Waals surface area contributed by atoms with E-state index in [9.17, 15) is 0 Å². The monoisotopic (exact) mass is 411 g/mol. The third-order valence-electron chi connectivity index (χ3n) is 5.01. The molecule has 1 aliphatic carbocycles. The SMILES string of the molecule is Cc1cc(-c2ccc3nc(N)nc(NC4CCCCC4)c3c2)cnc1Br. The van der Waals surface area contributed by atoms with E-state index in [1.54, 1.807) is 0 Å². The van der Waals surface area contributed by atoms with E-state index < -0.39 is 0 Å². The van der Waals surface area contributed by atoms with E-state index >= 15 is 0 Å². The molecule has 0 bridgehead atoms. The normalized spacial score (nSPS) is 15.3. The quantitative estimate of drug-likeness (QED) is 0.586. The van der Waals surface area contributed by atoms with Gasteiger partial charge in [-0.15, -0.1) is 0 Å². The topological polar surface area (TPSA) is 76.7 Å². The van der Waals surface area contributed by atoms with Crippen LogP contribution >= 0.6 is 15.9 Å². The number of nitrogens with zero attached hydrogens (tertiary/aromatic N) is 3. The van der Waals surface area contributed by atoms with Crippen LogP contribution in [0.1, 0.15) is 37.7 Å². The number of benzene rings is 1. The van der Waals surface area contributed by atoms with Crippen LogP contribution in [-0.2, 0) is 0 Å². The maximum absolute atomic E-state index is 5.94. The maximum atomic E-state index is 5.94. The smallest absolute Gasteiger partial charge is 0.222 e. The molecular weight excluding hydrogens is 390 g/mol. The highest BCUT2D eigenvalue weighted by Crippen LogP contribution is 2.30. The Morgan fingerprint density at radius 1 is 1.08 bits per heavy atom. The number of nitrogens with one attached hydrogen (secondary N) is 1. The fourth-order valence-corrected chi connectivity index (χ4v) is 3.81. The van der Waals surface area contributed by atoms with Gasteiger partial charge in [-0.3, -0.25) is 0 Å². The van der Waals surface area contributed by atoms with E-state index in [-0.39, 0.29) is 0 Å². The van der Waals surface area contributed by atoms with Crippen LogP contribution in [0.25, 0.3) is 22.0 Å². The average Bonchev–Trinajstić information content (AvgIpc) is 2.64. The molecule has 1 fully saturated rings. The number of halogens is 1. The van der Waals surface area contributed by atoms with Crippen molar-refractivity contribution < 1.29 is 0 Å². The molecule has 4 rings (SSSR count). The Bertz CT molecular complexity index is 950. The Kier molecular flexibility index (Phi) is 4.76. The summed E-state index contributed by atoms with van der Waals surface area (Å²) in [4.78, 5) is 13.3. The highest BCUT2D eigenvalue weighted by molar-refractivity contribution is 9.10. The Hall–Kier alpha value is -2.21. The highest BCUT2D eigenvalue weighted by Gasteiger charge is 2.16. The van der Waals surface area contributed by atoms with Crippen LogP contribution in [0, 0.1) is 6.92 Å². The largest absolute Gasteiger partial charge is 0.368 e. The Morgan fingerprint density at radius 2 is 1.88 bits per heavy atom. The highest BCUT2D eigenvalue weighted by atomic mass is 79.9. The van der Waals surface area contributed by atoms with Gasteiger partial charge in [0, 0.05) is 23.2 Å². The van der Waals surface area contributed by atoms with Crippen LogP contribution in [0.15, 0.2) is 35.1 Å². The molecule has 3 aromatic rings. The fourth-order valence-electron chi connectivity index (χ4n) is 3.59. The molecule has 0 amide bonds. The first-order chi connectivity index (χ1) is 12.6. The summed E-state index contributed by atoms with van der Waals surface area (Å²) in [6, 6.07) is 8.78. The van der Waals surface area contributed by atoms with Crippen molar-refractivity contribution in [3.05, 3.63) is 40.6 Å². The summed E-state index contributed by atoms with van der Waals surface area (Å²) in [5, 5.41) is 4.61. The van der Waals surface area contributed by atoms with E-state index in [2.05, 4.69) is 54.4 Å². The molecule has 0 saturated heterocycles. The molecule has 0 radical (unpaired) electrons. The number of aromatic nitrogens is 3. The summed E-state index contributed by atoms with van der Waals surface area (Å²) in [6.07, 6.45) is 8.11. The molecule has 2 aromatic heterocycles. The van der Waals surface area contributed by atoms with Crippen LogP contribution < -0.4 is 11.1 Å². The first kappa shape index (κ1) is 17.2. The minimum Gasteiger partial charge on any atom is -0.368 e. The summed E-state index contributed by atoms with van der Waals surface area (Å²) in [5.41, 5.74) is 10.1. The van der Waals surface area contributed by atoms with Gasteiger partial charge in [0.25, 0.3) is 0 Å². The predicted octanol–water partition coefficient (Wildman–Crippen LogP) is 5.09. The molecule has 134 valence electrons. The van der Waals surface area contributed by atoms with Crippen molar-refractivity contribution >= 4 is 38.6 Å². The molecule has 6 heteroatoms. The summed E-state index contributed by atoms with van der Waals surface area (Å²) < 4.78 is 0.873. The number of fused-ring (bicyclic) bond motifs is 1. The van der Waals surface area contributed by atoms with Gasteiger partial charge in [-0.1, -0.05) is 25.3 Å². The molecule has 0 aliphatic heterocycles. The second kappa shape index (κ2) is 7.19. The van der Waals surface area contributed by atoms with Crippen molar-refractivity contribution in [3.63, 3.8) is 0 Å². The molecule has 0 unspecified atom stereocenters. The lowest BCUT2D eigenvalue weighted by atomic mass is 9.95. The van der Waals surface area contributed by atoms with Crippen LogP contribution in [0.3, 0.4) is 0 Å². The molecule has 2 heterocycles. The zero-order chi connectivity index (χ0) is 18.1. The van der Waals surface area contributed by atoms with Gasteiger partial charge < -0.3 is 11.1 Å². The minimum absolute atomic E-state index is 0.310. The first-order valence-electron chi connectivity index (χ1n) is 9.06. The molecular formula is C20H22BrN5. The number of pyridine rings is 1. The van der Waals surface area contributed by atoms with E-state index in [4.69, 9.17) is 5.73 Å². The number of nitrogens with two attached hydrogens (primary N) is 1. The third-order valence-corrected chi connectivity index (χ3v) is 5.84. The molecule has 1 aromatic carbocycles. The van der Waals surface area contributed by atoms with Gasteiger partial charge in [0.2, 0.25) is 5.95 Å². The van der Waals surface area contributed by atoms with Gasteiger partial charge in [0.05, 0.1) is 5.52 Å². The van der Waals surface area contributed by atoms with Gasteiger partial charge >= 0.3 is 0 Å². The molecule has 1 saturated carbocycles. The lowest BCUT2D eigenvalue weighted by molar-refractivity contribution is 0.462. The lowest BCUT2D eigenvalue weighted by Crippen LogP contribution is -2.23. The first-order valence-corrected chi connectivity index (χ1v) is 9.86. The fraction of sp³-hybridized carbons (Fsp3) is 0.350. The van der Waals surface area contributed by atoms with Crippen molar-refractivity contribution in [1.82, 2.24) is 15.0 Å². The Morgan fingerprint density at radius 3 is 2.65 bits per heavy atom. The number of aryl methyl sites for hydroxylation is 1. The molecule has 1 aliphatic rings. The predicted molar refractivity (Wildman–Crippen MR) is 110 cm³/mol. The lowest BCUT2D eigenvalue weighted by Gasteiger charge is -2.24. The van der Waals surface area contributed by atoms with Crippen LogP contribution in [0.4, 0.5) is 11.8 Å². The number of hydrogen-bond acceptors (Lipinski definition) is 5. The van der Waals surface area contributed by atoms with Crippen molar-refractivity contribution in [2.75, 3.05) is 11.1 Å². The van der Waals surface area contributed by atoms with Gasteiger partial charge in [-0.05, 0) is 65.0 Å². The van der Waals surface area contributed by atoms with Crippen molar-refractivity contribution in [2.45, 2.75) is 45.1 Å². The number of nitrogen functional groups attached to an aromatic ring is 1. The van der Waals surface area contributed by atoms with Gasteiger partial charge in [0.1, 0.15) is 10.4 Å². The maximum Gasteiger partial charge on any atom is 0.222 e. The standard InChI is InChI=1S/C20H22BrN5/c1-12-9-14(11-23-18(12)21)13-7-8-17-16(10-13)19(26-20(22)25-17)24-15-5-3-2-4-6-15/h7-11,15H,2-6H2,1H3,(H3,22,24,25,26). The zero-order valence-corrected chi connectivity index (χ0v) is 16.4. The molecule has 5 nitrogen and oxygen atoms in total. The van der Waals surface area contributed by atoms with Crippen molar-refractivity contribution in [1.29, 1.82) is 0 Å². The van der Waals surface area contributed by atoms with Crippen LogP contribution in [0.5, 0.6) is 0 Å². The summed E-state index contributed by atoms with van der Waals surface area (Å²) in [5.74, 6) is 1.15.